The van der Waals surface area contributed by atoms with Gasteiger partial charge in [0.25, 0.3) is 0 Å². The van der Waals surface area contributed by atoms with Crippen molar-refractivity contribution in [3.8, 4) is 0 Å². The summed E-state index contributed by atoms with van der Waals surface area (Å²) in [5, 5.41) is 22.1. The number of β-amino-alcohol motifs (C(OH)–C–C–N with tert-alkyl or cyclic N) is 1. The number of benzene rings is 1. The van der Waals surface area contributed by atoms with Crippen molar-refractivity contribution in [1.29, 1.82) is 0 Å². The van der Waals surface area contributed by atoms with Gasteiger partial charge in [-0.05, 0) is 18.4 Å². The van der Waals surface area contributed by atoms with Gasteiger partial charge in [0.1, 0.15) is 5.54 Å². The highest BCUT2D eigenvalue weighted by molar-refractivity contribution is 5.78. The first-order valence-corrected chi connectivity index (χ1v) is 7.32. The van der Waals surface area contributed by atoms with Crippen LogP contribution in [0.4, 0.5) is 0 Å². The first-order valence-electron chi connectivity index (χ1n) is 7.32. The lowest BCUT2D eigenvalue weighted by Crippen LogP contribution is -2.53. The molecule has 0 aromatic heterocycles. The van der Waals surface area contributed by atoms with Crippen LogP contribution >= 0.6 is 0 Å². The molecule has 3 N–H and O–H groups in total. The van der Waals surface area contributed by atoms with Crippen molar-refractivity contribution >= 4 is 5.97 Å². The molecule has 0 amide bonds. The zero-order valence-electron chi connectivity index (χ0n) is 12.7. The molecule has 5 nitrogen and oxygen atoms in total. The van der Waals surface area contributed by atoms with Gasteiger partial charge in [0.05, 0.1) is 19.3 Å². The summed E-state index contributed by atoms with van der Waals surface area (Å²) in [4.78, 5) is 11.3. The van der Waals surface area contributed by atoms with E-state index in [1.54, 1.807) is 0 Å². The molecule has 0 spiro atoms. The van der Waals surface area contributed by atoms with Gasteiger partial charge in [-0.15, -0.1) is 0 Å². The molecule has 0 bridgehead atoms. The average Bonchev–Trinajstić information content (AvgIpc) is 2.49. The van der Waals surface area contributed by atoms with Crippen molar-refractivity contribution in [1.82, 2.24) is 5.32 Å². The van der Waals surface area contributed by atoms with E-state index in [0.29, 0.717) is 19.4 Å². The van der Waals surface area contributed by atoms with E-state index in [2.05, 4.69) is 5.32 Å². The molecule has 0 saturated carbocycles. The van der Waals surface area contributed by atoms with E-state index in [9.17, 15) is 15.0 Å². The molecule has 5 heteroatoms. The van der Waals surface area contributed by atoms with Crippen LogP contribution in [0, 0.1) is 0 Å². The number of aliphatic hydroxyl groups excluding tert-OH is 1. The monoisotopic (exact) mass is 295 g/mol. The standard InChI is InChI=1S/C16H25NO4/c1-3-16(4-2,15(19)20)17-10-14(18)12-21-11-13-8-6-5-7-9-13/h5-9,14,17-18H,3-4,10-12H2,1-2H3,(H,19,20). The second-order valence-electron chi connectivity index (χ2n) is 5.13. The molecule has 1 atom stereocenters. The molecule has 118 valence electrons. The molecule has 0 fully saturated rings. The number of hydrogen-bond acceptors (Lipinski definition) is 4. The Balaban J connectivity index is 2.33. The zero-order chi connectivity index (χ0) is 15.7. The van der Waals surface area contributed by atoms with Gasteiger partial charge in [-0.2, -0.15) is 0 Å². The van der Waals surface area contributed by atoms with Crippen molar-refractivity contribution < 1.29 is 19.7 Å². The molecule has 0 aliphatic rings. The molecule has 0 aliphatic carbocycles. The smallest absolute Gasteiger partial charge is 0.323 e. The van der Waals surface area contributed by atoms with Crippen LogP contribution in [-0.2, 0) is 16.1 Å². The molecule has 1 unspecified atom stereocenters. The Bertz CT molecular complexity index is 418. The average molecular weight is 295 g/mol. The fraction of sp³-hybridized carbons (Fsp3) is 0.562. The maximum atomic E-state index is 11.3. The third kappa shape index (κ3) is 5.46. The normalized spacial score (nSPS) is 13.1. The molecule has 0 radical (unpaired) electrons. The predicted molar refractivity (Wildman–Crippen MR) is 81.1 cm³/mol. The second kappa shape index (κ2) is 8.77. The summed E-state index contributed by atoms with van der Waals surface area (Å²) in [6.45, 7) is 4.45. The fourth-order valence-corrected chi connectivity index (χ4v) is 2.14. The Hall–Kier alpha value is -1.43. The van der Waals surface area contributed by atoms with Crippen molar-refractivity contribution in [2.24, 2.45) is 0 Å². The number of carboxylic acids is 1. The lowest BCUT2D eigenvalue weighted by molar-refractivity contribution is -0.145. The summed E-state index contributed by atoms with van der Waals surface area (Å²) in [6.07, 6.45) is 0.206. The first-order chi connectivity index (χ1) is 10.0. The molecule has 1 rings (SSSR count). The Morgan fingerprint density at radius 3 is 2.43 bits per heavy atom. The maximum absolute atomic E-state index is 11.3. The van der Waals surface area contributed by atoms with Gasteiger partial charge in [0.2, 0.25) is 0 Å². The van der Waals surface area contributed by atoms with Crippen LogP contribution in [0.15, 0.2) is 30.3 Å². The number of aliphatic carboxylic acids is 1. The summed E-state index contributed by atoms with van der Waals surface area (Å²) < 4.78 is 5.44. The number of ether oxygens (including phenoxy) is 1. The molecule has 0 saturated heterocycles. The highest BCUT2D eigenvalue weighted by Crippen LogP contribution is 2.15. The summed E-state index contributed by atoms with van der Waals surface area (Å²) in [5.41, 5.74) is 0.0695. The fourth-order valence-electron chi connectivity index (χ4n) is 2.14. The van der Waals surface area contributed by atoms with Gasteiger partial charge in [-0.3, -0.25) is 10.1 Å². The number of carbonyl (C=O) groups is 1. The second-order valence-corrected chi connectivity index (χ2v) is 5.13. The highest BCUT2D eigenvalue weighted by atomic mass is 16.5. The summed E-state index contributed by atoms with van der Waals surface area (Å²) in [6, 6.07) is 9.70. The third-order valence-electron chi connectivity index (χ3n) is 3.71. The third-order valence-corrected chi connectivity index (χ3v) is 3.71. The van der Waals surface area contributed by atoms with Gasteiger partial charge in [-0.25, -0.2) is 0 Å². The van der Waals surface area contributed by atoms with Gasteiger partial charge in [0.15, 0.2) is 0 Å². The molecule has 1 aromatic carbocycles. The Labute approximate surface area is 125 Å². The Morgan fingerprint density at radius 2 is 1.90 bits per heavy atom. The van der Waals surface area contributed by atoms with Crippen molar-refractivity contribution in [3.63, 3.8) is 0 Å². The topological polar surface area (TPSA) is 78.8 Å². The van der Waals surface area contributed by atoms with E-state index in [4.69, 9.17) is 4.74 Å². The SMILES string of the molecule is CCC(CC)(NCC(O)COCc1ccccc1)C(=O)O. The molecule has 21 heavy (non-hydrogen) atoms. The minimum Gasteiger partial charge on any atom is -0.480 e. The minimum absolute atomic E-state index is 0.172. The zero-order valence-corrected chi connectivity index (χ0v) is 12.7. The van der Waals surface area contributed by atoms with Crippen molar-refractivity contribution in [2.45, 2.75) is 44.9 Å². The van der Waals surface area contributed by atoms with Crippen LogP contribution in [0.1, 0.15) is 32.3 Å². The Kier molecular flexibility index (Phi) is 7.36. The first kappa shape index (κ1) is 17.6. The molecular weight excluding hydrogens is 270 g/mol. The van der Waals surface area contributed by atoms with Crippen molar-refractivity contribution in [3.05, 3.63) is 35.9 Å². The van der Waals surface area contributed by atoms with Crippen LogP contribution in [0.2, 0.25) is 0 Å². The number of nitrogens with one attached hydrogen (secondary N) is 1. The van der Waals surface area contributed by atoms with E-state index in [-0.39, 0.29) is 13.2 Å². The Morgan fingerprint density at radius 1 is 1.29 bits per heavy atom. The number of rotatable bonds is 10. The quantitative estimate of drug-likeness (QED) is 0.613. The van der Waals surface area contributed by atoms with Gasteiger partial charge in [0, 0.05) is 6.54 Å². The van der Waals surface area contributed by atoms with E-state index in [0.717, 1.165) is 5.56 Å². The summed E-state index contributed by atoms with van der Waals surface area (Å²) >= 11 is 0. The van der Waals surface area contributed by atoms with Crippen molar-refractivity contribution in [2.75, 3.05) is 13.2 Å². The van der Waals surface area contributed by atoms with Gasteiger partial charge >= 0.3 is 5.97 Å². The van der Waals surface area contributed by atoms with Crippen LogP contribution in [0.5, 0.6) is 0 Å². The largest absolute Gasteiger partial charge is 0.480 e. The minimum atomic E-state index is -0.972. The van der Waals surface area contributed by atoms with E-state index >= 15 is 0 Å². The number of hydrogen-bond donors (Lipinski definition) is 3. The van der Waals surface area contributed by atoms with Gasteiger partial charge < -0.3 is 14.9 Å². The molecule has 0 aliphatic heterocycles. The van der Waals surface area contributed by atoms with Crippen LogP contribution in [0.25, 0.3) is 0 Å². The maximum Gasteiger partial charge on any atom is 0.323 e. The van der Waals surface area contributed by atoms with Crippen LogP contribution in [0.3, 0.4) is 0 Å². The lowest BCUT2D eigenvalue weighted by atomic mass is 9.93. The molecular formula is C16H25NO4. The van der Waals surface area contributed by atoms with E-state index in [1.165, 1.54) is 0 Å². The summed E-state index contributed by atoms with van der Waals surface area (Å²) in [7, 11) is 0. The number of carboxylic acid groups (broad SMARTS) is 1. The highest BCUT2D eigenvalue weighted by Gasteiger charge is 2.34. The van der Waals surface area contributed by atoms with Crippen LogP contribution < -0.4 is 5.32 Å². The van der Waals surface area contributed by atoms with E-state index < -0.39 is 17.6 Å². The van der Waals surface area contributed by atoms with Crippen LogP contribution in [-0.4, -0.2) is 41.0 Å². The molecule has 1 aromatic rings. The molecule has 0 heterocycles. The number of aliphatic hydroxyl groups is 1. The van der Waals surface area contributed by atoms with E-state index in [1.807, 2.05) is 44.2 Å². The van der Waals surface area contributed by atoms with Gasteiger partial charge in [-0.1, -0.05) is 44.2 Å². The lowest BCUT2D eigenvalue weighted by Gasteiger charge is -2.29. The predicted octanol–water partition coefficient (Wildman–Crippen LogP) is 1.80. The summed E-state index contributed by atoms with van der Waals surface area (Å²) in [5.74, 6) is -0.884.